The topological polar surface area (TPSA) is 3.24 Å². The van der Waals surface area contributed by atoms with Crippen molar-refractivity contribution in [1.82, 2.24) is 4.90 Å². The molecule has 0 bridgehead atoms. The Hall–Kier alpha value is -0.0400. The molecule has 0 aliphatic carbocycles. The zero-order valence-electron chi connectivity index (χ0n) is 10.4. The van der Waals surface area contributed by atoms with Crippen LogP contribution in [-0.2, 0) is 0 Å². The molecule has 1 saturated heterocycles. The highest BCUT2D eigenvalue weighted by Gasteiger charge is 2.24. The number of rotatable bonds is 2. The molecule has 1 fully saturated rings. The van der Waals surface area contributed by atoms with Crippen LogP contribution in [0.2, 0.25) is 0 Å². The van der Waals surface area contributed by atoms with Gasteiger partial charge < -0.3 is 0 Å². The molecule has 1 unspecified atom stereocenters. The molecule has 1 rings (SSSR count). The summed E-state index contributed by atoms with van der Waals surface area (Å²) in [5.74, 6) is 0.815. The summed E-state index contributed by atoms with van der Waals surface area (Å²) in [7, 11) is 0. The third kappa shape index (κ3) is 3.27. The van der Waals surface area contributed by atoms with Gasteiger partial charge in [-0.25, -0.2) is 0 Å². The van der Waals surface area contributed by atoms with Gasteiger partial charge in [0.25, 0.3) is 0 Å². The molecule has 0 aromatic rings. The van der Waals surface area contributed by atoms with Crippen molar-refractivity contribution in [1.29, 1.82) is 0 Å². The van der Waals surface area contributed by atoms with Crippen LogP contribution in [0.25, 0.3) is 0 Å². The molecule has 1 atom stereocenters. The molecular formula is C13H27N. The average Bonchev–Trinajstić information content (AvgIpc) is 2.01. The fraction of sp³-hybridized carbons (Fsp3) is 1.00. The summed E-state index contributed by atoms with van der Waals surface area (Å²) in [5.41, 5.74) is 0. The quantitative estimate of drug-likeness (QED) is 0.652. The Morgan fingerprint density at radius 2 is 1.57 bits per heavy atom. The maximum atomic E-state index is 2.73. The fourth-order valence-corrected chi connectivity index (χ4v) is 2.69. The molecule has 14 heavy (non-hydrogen) atoms. The Morgan fingerprint density at radius 3 is 2.14 bits per heavy atom. The highest BCUT2D eigenvalue weighted by Crippen LogP contribution is 2.23. The summed E-state index contributed by atoms with van der Waals surface area (Å²) in [5, 5.41) is 0. The molecule has 1 heterocycles. The van der Waals surface area contributed by atoms with Gasteiger partial charge in [-0.3, -0.25) is 4.90 Å². The van der Waals surface area contributed by atoms with Gasteiger partial charge in [-0.15, -0.1) is 0 Å². The second-order valence-corrected chi connectivity index (χ2v) is 5.35. The van der Waals surface area contributed by atoms with Gasteiger partial charge in [-0.2, -0.15) is 0 Å². The zero-order chi connectivity index (χ0) is 10.6. The number of hydrogen-bond donors (Lipinski definition) is 0. The summed E-state index contributed by atoms with van der Waals surface area (Å²) in [6.45, 7) is 10.8. The lowest BCUT2D eigenvalue weighted by atomic mass is 9.92. The van der Waals surface area contributed by atoms with Crippen LogP contribution >= 0.6 is 0 Å². The van der Waals surface area contributed by atoms with Gasteiger partial charge in [0.1, 0.15) is 0 Å². The van der Waals surface area contributed by atoms with Gasteiger partial charge >= 0.3 is 0 Å². The molecule has 1 nitrogen and oxygen atoms in total. The molecule has 0 N–H and O–H groups in total. The van der Waals surface area contributed by atoms with Crippen molar-refractivity contribution in [2.24, 2.45) is 5.92 Å². The first-order chi connectivity index (χ1) is 6.63. The largest absolute Gasteiger partial charge is 0.298 e. The Bertz CT molecular complexity index is 133. The zero-order valence-corrected chi connectivity index (χ0v) is 10.4. The number of nitrogens with zero attached hydrogens (tertiary/aromatic N) is 1. The lowest BCUT2D eigenvalue weighted by Gasteiger charge is -2.39. The Kier molecular flexibility index (Phi) is 4.94. The van der Waals surface area contributed by atoms with Crippen LogP contribution in [0.3, 0.4) is 0 Å². The van der Waals surface area contributed by atoms with Crippen LogP contribution in [0.5, 0.6) is 0 Å². The van der Waals surface area contributed by atoms with E-state index < -0.39 is 0 Å². The van der Waals surface area contributed by atoms with E-state index in [1.54, 1.807) is 0 Å². The van der Waals surface area contributed by atoms with Gasteiger partial charge in [0.15, 0.2) is 0 Å². The maximum absolute atomic E-state index is 2.73. The van der Waals surface area contributed by atoms with Crippen molar-refractivity contribution in [2.75, 3.05) is 6.54 Å². The normalized spacial score (nSPS) is 26.6. The van der Waals surface area contributed by atoms with E-state index >= 15 is 0 Å². The first-order valence-electron chi connectivity index (χ1n) is 6.38. The van der Waals surface area contributed by atoms with Crippen LogP contribution in [0.15, 0.2) is 0 Å². The Balaban J connectivity index is 2.60. The van der Waals surface area contributed by atoms with E-state index in [9.17, 15) is 0 Å². The average molecular weight is 197 g/mol. The lowest BCUT2D eigenvalue weighted by Crippen LogP contribution is -2.44. The molecule has 0 aromatic carbocycles. The van der Waals surface area contributed by atoms with Crippen molar-refractivity contribution in [3.05, 3.63) is 0 Å². The van der Waals surface area contributed by atoms with Gasteiger partial charge in [0.05, 0.1) is 0 Å². The van der Waals surface area contributed by atoms with Crippen molar-refractivity contribution in [3.8, 4) is 0 Å². The molecule has 84 valence electrons. The van der Waals surface area contributed by atoms with Gasteiger partial charge in [-0.05, 0) is 39.2 Å². The summed E-state index contributed by atoms with van der Waals surface area (Å²) in [4.78, 5) is 2.73. The van der Waals surface area contributed by atoms with Crippen LogP contribution in [0.4, 0.5) is 0 Å². The fourth-order valence-electron chi connectivity index (χ4n) is 2.69. The molecule has 1 aliphatic rings. The van der Waals surface area contributed by atoms with Crippen molar-refractivity contribution >= 4 is 0 Å². The van der Waals surface area contributed by atoms with Crippen LogP contribution in [-0.4, -0.2) is 23.5 Å². The van der Waals surface area contributed by atoms with E-state index in [4.69, 9.17) is 0 Å². The molecule has 0 aromatic heterocycles. The van der Waals surface area contributed by atoms with Crippen molar-refractivity contribution < 1.29 is 0 Å². The minimum absolute atomic E-state index is 0.723. The van der Waals surface area contributed by atoms with Gasteiger partial charge in [0, 0.05) is 12.1 Å². The molecule has 0 radical (unpaired) electrons. The molecule has 1 heteroatoms. The summed E-state index contributed by atoms with van der Waals surface area (Å²) >= 11 is 0. The van der Waals surface area contributed by atoms with Crippen LogP contribution in [0.1, 0.15) is 59.8 Å². The van der Waals surface area contributed by atoms with Crippen LogP contribution in [0, 0.1) is 5.92 Å². The third-order valence-corrected chi connectivity index (χ3v) is 3.53. The minimum atomic E-state index is 0.723. The summed E-state index contributed by atoms with van der Waals surface area (Å²) in [6.07, 6.45) is 7.15. The predicted molar refractivity (Wildman–Crippen MR) is 63.6 cm³/mol. The minimum Gasteiger partial charge on any atom is -0.298 e. The first kappa shape index (κ1) is 12.0. The monoisotopic (exact) mass is 197 g/mol. The highest BCUT2D eigenvalue weighted by molar-refractivity contribution is 4.79. The Morgan fingerprint density at radius 1 is 0.929 bits per heavy atom. The Labute approximate surface area is 89.9 Å². The third-order valence-electron chi connectivity index (χ3n) is 3.53. The first-order valence-corrected chi connectivity index (χ1v) is 6.38. The molecule has 1 aliphatic heterocycles. The number of likely N-dealkylation sites (tertiary alicyclic amines) is 1. The van der Waals surface area contributed by atoms with E-state index in [2.05, 4.69) is 32.6 Å². The molecule has 0 spiro atoms. The predicted octanol–water partition coefficient (Wildman–Crippen LogP) is 3.69. The van der Waals surface area contributed by atoms with E-state index in [-0.39, 0.29) is 0 Å². The van der Waals surface area contributed by atoms with Crippen molar-refractivity contribution in [2.45, 2.75) is 71.9 Å². The molecule has 0 saturated carbocycles. The van der Waals surface area contributed by atoms with Gasteiger partial charge in [-0.1, -0.05) is 33.1 Å². The second kappa shape index (κ2) is 5.75. The number of hydrogen-bond acceptors (Lipinski definition) is 1. The van der Waals surface area contributed by atoms with Crippen LogP contribution < -0.4 is 0 Å². The summed E-state index contributed by atoms with van der Waals surface area (Å²) < 4.78 is 0. The van der Waals surface area contributed by atoms with E-state index in [1.165, 1.54) is 38.6 Å². The second-order valence-electron chi connectivity index (χ2n) is 5.35. The van der Waals surface area contributed by atoms with Crippen molar-refractivity contribution in [3.63, 3.8) is 0 Å². The SMILES string of the molecule is CC(C)C1CCCCCCN1C(C)C. The maximum Gasteiger partial charge on any atom is 0.0121 e. The smallest absolute Gasteiger partial charge is 0.0121 e. The molecular weight excluding hydrogens is 170 g/mol. The van der Waals surface area contributed by atoms with Gasteiger partial charge in [0.2, 0.25) is 0 Å². The van der Waals surface area contributed by atoms with E-state index in [0.717, 1.165) is 18.0 Å². The lowest BCUT2D eigenvalue weighted by molar-refractivity contribution is 0.0979. The van der Waals surface area contributed by atoms with E-state index in [0.29, 0.717) is 0 Å². The highest BCUT2D eigenvalue weighted by atomic mass is 15.2. The summed E-state index contributed by atoms with van der Waals surface area (Å²) in [6, 6.07) is 1.55. The molecule has 0 amide bonds. The standard InChI is InChI=1S/C13H27N/c1-11(2)13-9-7-5-6-8-10-14(13)12(3)4/h11-13H,5-10H2,1-4H3. The van der Waals surface area contributed by atoms with E-state index in [1.807, 2.05) is 0 Å².